The molecular formula is C15H22N2O5. The van der Waals surface area contributed by atoms with Crippen molar-refractivity contribution in [1.82, 2.24) is 9.97 Å². The van der Waals surface area contributed by atoms with Crippen LogP contribution in [0.15, 0.2) is 36.2 Å². The molecule has 1 heterocycles. The summed E-state index contributed by atoms with van der Waals surface area (Å²) in [5, 5.41) is 17.5. The van der Waals surface area contributed by atoms with Crippen molar-refractivity contribution in [2.24, 2.45) is 5.41 Å². The highest BCUT2D eigenvalue weighted by atomic mass is 16.4. The Balaban J connectivity index is 0.000000423. The number of imidazole rings is 1. The summed E-state index contributed by atoms with van der Waals surface area (Å²) in [5.74, 6) is -0.972. The molecule has 1 unspecified atom stereocenters. The second-order valence-electron chi connectivity index (χ2n) is 5.04. The third-order valence-electron chi connectivity index (χ3n) is 3.12. The van der Waals surface area contributed by atoms with Crippen LogP contribution in [0.25, 0.3) is 0 Å². The van der Waals surface area contributed by atoms with Gasteiger partial charge in [-0.25, -0.2) is 9.78 Å². The molecule has 5 N–H and O–H groups in total. The zero-order valence-corrected chi connectivity index (χ0v) is 12.7. The van der Waals surface area contributed by atoms with Crippen LogP contribution in [0.4, 0.5) is 0 Å². The van der Waals surface area contributed by atoms with Crippen LogP contribution >= 0.6 is 0 Å². The van der Waals surface area contributed by atoms with E-state index in [1.807, 2.05) is 6.20 Å². The fraction of sp³-hybridized carbons (Fsp3) is 0.400. The summed E-state index contributed by atoms with van der Waals surface area (Å²) in [6, 6.07) is 0. The zero-order valence-electron chi connectivity index (χ0n) is 12.7. The maximum Gasteiger partial charge on any atom is 0.331 e. The molecule has 7 heteroatoms. The predicted octanol–water partition coefficient (Wildman–Crippen LogP) is 1.59. The monoisotopic (exact) mass is 310 g/mol. The van der Waals surface area contributed by atoms with Gasteiger partial charge in [-0.05, 0) is 19.8 Å². The molecule has 2 rings (SSSR count). The minimum atomic E-state index is -1.08. The molecule has 122 valence electrons. The zero-order chi connectivity index (χ0) is 15.9. The van der Waals surface area contributed by atoms with Gasteiger partial charge in [0.15, 0.2) is 0 Å². The second-order valence-corrected chi connectivity index (χ2v) is 5.04. The van der Waals surface area contributed by atoms with E-state index in [4.69, 9.17) is 10.2 Å². The largest absolute Gasteiger partial charge is 0.481 e. The van der Waals surface area contributed by atoms with Gasteiger partial charge in [-0.1, -0.05) is 25.2 Å². The van der Waals surface area contributed by atoms with Gasteiger partial charge in [-0.2, -0.15) is 0 Å². The lowest BCUT2D eigenvalue weighted by Crippen LogP contribution is -2.28. The number of carboxylic acid groups (broad SMARTS) is 2. The predicted molar refractivity (Wildman–Crippen MR) is 81.4 cm³/mol. The minimum absolute atomic E-state index is 0. The number of H-pyrrole nitrogens is 1. The van der Waals surface area contributed by atoms with Crippen LogP contribution in [-0.4, -0.2) is 37.6 Å². The molecule has 1 aliphatic rings. The van der Waals surface area contributed by atoms with Crippen molar-refractivity contribution < 1.29 is 25.3 Å². The number of nitrogens with one attached hydrogen (secondary N) is 1. The van der Waals surface area contributed by atoms with E-state index in [1.165, 1.54) is 25.2 Å². The molecule has 0 aromatic carbocycles. The maximum atomic E-state index is 10.8. The van der Waals surface area contributed by atoms with Gasteiger partial charge in [0.2, 0.25) is 0 Å². The van der Waals surface area contributed by atoms with Crippen molar-refractivity contribution in [3.8, 4) is 0 Å². The van der Waals surface area contributed by atoms with Gasteiger partial charge >= 0.3 is 11.9 Å². The lowest BCUT2D eigenvalue weighted by atomic mass is 9.80. The van der Waals surface area contributed by atoms with Crippen LogP contribution in [0.2, 0.25) is 0 Å². The van der Waals surface area contributed by atoms with Crippen LogP contribution in [-0.2, 0) is 16.0 Å². The van der Waals surface area contributed by atoms with Gasteiger partial charge in [0.25, 0.3) is 0 Å². The van der Waals surface area contributed by atoms with Crippen LogP contribution < -0.4 is 0 Å². The van der Waals surface area contributed by atoms with Gasteiger partial charge < -0.3 is 20.7 Å². The Hall–Kier alpha value is -2.41. The van der Waals surface area contributed by atoms with E-state index in [2.05, 4.69) is 16.9 Å². The smallest absolute Gasteiger partial charge is 0.331 e. The van der Waals surface area contributed by atoms with E-state index in [1.54, 1.807) is 6.20 Å². The molecule has 1 aromatic rings. The molecule has 0 saturated heterocycles. The van der Waals surface area contributed by atoms with E-state index in [9.17, 15) is 9.59 Å². The molecule has 7 nitrogen and oxygen atoms in total. The molecule has 0 amide bonds. The van der Waals surface area contributed by atoms with E-state index < -0.39 is 17.4 Å². The first-order valence-corrected chi connectivity index (χ1v) is 6.72. The van der Waals surface area contributed by atoms with Crippen LogP contribution in [0.3, 0.4) is 0 Å². The number of nitrogens with zero attached hydrogens (tertiary/aromatic N) is 1. The second kappa shape index (κ2) is 8.78. The van der Waals surface area contributed by atoms with Crippen molar-refractivity contribution in [2.45, 2.75) is 33.1 Å². The summed E-state index contributed by atoms with van der Waals surface area (Å²) in [6.45, 7) is 3.64. The highest BCUT2D eigenvalue weighted by molar-refractivity contribution is 5.90. The van der Waals surface area contributed by atoms with Gasteiger partial charge in [0.1, 0.15) is 5.82 Å². The number of hydrogen-bond donors (Lipinski definition) is 3. The first-order chi connectivity index (χ1) is 9.89. The van der Waals surface area contributed by atoms with Crippen molar-refractivity contribution in [1.29, 1.82) is 0 Å². The third kappa shape index (κ3) is 5.53. The van der Waals surface area contributed by atoms with Gasteiger partial charge in [0.05, 0.1) is 5.41 Å². The highest BCUT2D eigenvalue weighted by Gasteiger charge is 2.34. The van der Waals surface area contributed by atoms with Crippen molar-refractivity contribution in [2.75, 3.05) is 0 Å². The van der Waals surface area contributed by atoms with E-state index in [-0.39, 0.29) is 17.5 Å². The Morgan fingerprint density at radius 3 is 2.55 bits per heavy atom. The number of aromatic amines is 1. The standard InChI is InChI=1S/C9H10O4.C6H10N2.H2O/c1-9(8(12)13)4-2-3-6(5-9)7(10)11;1-2-3-6-7-4-5-8-6;/h2-4H,5H2,1H3,(H,10,11)(H,12,13);4-5H,2-3H2,1H3,(H,7,8);1H2. The molecule has 22 heavy (non-hydrogen) atoms. The Labute approximate surface area is 128 Å². The van der Waals surface area contributed by atoms with Gasteiger partial charge in [-0.15, -0.1) is 0 Å². The fourth-order valence-corrected chi connectivity index (χ4v) is 1.86. The lowest BCUT2D eigenvalue weighted by molar-refractivity contribution is -0.145. The number of carboxylic acids is 2. The molecule has 1 aliphatic carbocycles. The molecule has 0 radical (unpaired) electrons. The molecule has 1 aromatic heterocycles. The fourth-order valence-electron chi connectivity index (χ4n) is 1.86. The molecule has 0 spiro atoms. The average Bonchev–Trinajstić information content (AvgIpc) is 2.93. The Bertz CT molecular complexity index is 548. The molecule has 0 bridgehead atoms. The lowest BCUT2D eigenvalue weighted by Gasteiger charge is -2.23. The van der Waals surface area contributed by atoms with E-state index >= 15 is 0 Å². The number of rotatable bonds is 4. The number of hydrogen-bond acceptors (Lipinski definition) is 3. The Morgan fingerprint density at radius 2 is 2.09 bits per heavy atom. The molecular weight excluding hydrogens is 288 g/mol. The summed E-state index contributed by atoms with van der Waals surface area (Å²) < 4.78 is 0. The summed E-state index contributed by atoms with van der Waals surface area (Å²) in [5.41, 5.74) is -0.949. The van der Waals surface area contributed by atoms with Crippen LogP contribution in [0.5, 0.6) is 0 Å². The molecule has 0 saturated carbocycles. The number of carbonyl (C=O) groups is 2. The number of aliphatic carboxylic acids is 2. The number of aryl methyl sites for hydroxylation is 1. The Kier molecular flexibility index (Phi) is 7.82. The summed E-state index contributed by atoms with van der Waals surface area (Å²) >= 11 is 0. The average molecular weight is 310 g/mol. The van der Waals surface area contributed by atoms with Crippen molar-refractivity contribution in [3.05, 3.63) is 42.0 Å². The third-order valence-corrected chi connectivity index (χ3v) is 3.12. The molecule has 0 aliphatic heterocycles. The summed E-state index contributed by atoms with van der Waals surface area (Å²) in [7, 11) is 0. The maximum absolute atomic E-state index is 10.8. The highest BCUT2D eigenvalue weighted by Crippen LogP contribution is 2.31. The normalized spacial score (nSPS) is 19.3. The van der Waals surface area contributed by atoms with Crippen LogP contribution in [0, 0.1) is 5.41 Å². The van der Waals surface area contributed by atoms with E-state index in [0.29, 0.717) is 0 Å². The molecule has 1 atom stereocenters. The summed E-state index contributed by atoms with van der Waals surface area (Å²) in [6.07, 6.45) is 10.3. The van der Waals surface area contributed by atoms with Crippen LogP contribution in [0.1, 0.15) is 32.5 Å². The first kappa shape index (κ1) is 19.6. The minimum Gasteiger partial charge on any atom is -0.481 e. The quantitative estimate of drug-likeness (QED) is 0.776. The van der Waals surface area contributed by atoms with Gasteiger partial charge in [-0.3, -0.25) is 4.79 Å². The SMILES string of the molecule is CC1(C(=O)O)C=CC=C(C(=O)O)C1.CCCc1ncc[nH]1.O. The van der Waals surface area contributed by atoms with E-state index in [0.717, 1.165) is 18.7 Å². The van der Waals surface area contributed by atoms with Gasteiger partial charge in [0, 0.05) is 24.4 Å². The first-order valence-electron chi connectivity index (χ1n) is 6.72. The Morgan fingerprint density at radius 1 is 1.41 bits per heavy atom. The van der Waals surface area contributed by atoms with Crippen molar-refractivity contribution >= 4 is 11.9 Å². The van der Waals surface area contributed by atoms with Crippen molar-refractivity contribution in [3.63, 3.8) is 0 Å². The number of aromatic nitrogens is 2. The summed E-state index contributed by atoms with van der Waals surface area (Å²) in [4.78, 5) is 28.4. The number of allylic oxidation sites excluding steroid dienone is 2. The topological polar surface area (TPSA) is 135 Å². The molecule has 0 fully saturated rings.